The normalized spacial score (nSPS) is 14.1. The number of para-hydroxylation sites is 1. The molecule has 1 N–H and O–H groups in total. The van der Waals surface area contributed by atoms with Gasteiger partial charge in [-0.3, -0.25) is 4.79 Å². The second-order valence-electron chi connectivity index (χ2n) is 4.42. The molecule has 18 heavy (non-hydrogen) atoms. The Morgan fingerprint density at radius 3 is 2.50 bits per heavy atom. The summed E-state index contributed by atoms with van der Waals surface area (Å²) in [7, 11) is 0. The lowest BCUT2D eigenvalue weighted by Crippen LogP contribution is -2.19. The van der Waals surface area contributed by atoms with Crippen LogP contribution in [0.4, 0.5) is 0 Å². The van der Waals surface area contributed by atoms with Gasteiger partial charge in [0.15, 0.2) is 0 Å². The van der Waals surface area contributed by atoms with Crippen molar-refractivity contribution in [3.05, 3.63) is 48.3 Å². The van der Waals surface area contributed by atoms with E-state index in [4.69, 9.17) is 5.11 Å². The summed E-state index contributed by atoms with van der Waals surface area (Å²) in [4.78, 5) is 11.1. The van der Waals surface area contributed by atoms with Crippen LogP contribution < -0.4 is 0 Å². The summed E-state index contributed by atoms with van der Waals surface area (Å²) >= 11 is 0. The minimum absolute atomic E-state index is 0.0924. The summed E-state index contributed by atoms with van der Waals surface area (Å²) in [6.07, 6.45) is 1.70. The molecule has 0 spiro atoms. The highest BCUT2D eigenvalue weighted by Crippen LogP contribution is 2.25. The van der Waals surface area contributed by atoms with Gasteiger partial charge in [0.2, 0.25) is 0 Å². The highest BCUT2D eigenvalue weighted by atomic mass is 16.4. The van der Waals surface area contributed by atoms with Crippen molar-refractivity contribution in [3.63, 3.8) is 0 Å². The van der Waals surface area contributed by atoms with Gasteiger partial charge in [-0.2, -0.15) is 5.10 Å². The van der Waals surface area contributed by atoms with E-state index in [1.165, 1.54) is 0 Å². The largest absolute Gasteiger partial charge is 0.481 e. The van der Waals surface area contributed by atoms with E-state index in [-0.39, 0.29) is 5.92 Å². The van der Waals surface area contributed by atoms with Crippen LogP contribution in [0.25, 0.3) is 5.69 Å². The van der Waals surface area contributed by atoms with Crippen molar-refractivity contribution in [2.75, 3.05) is 0 Å². The summed E-state index contributed by atoms with van der Waals surface area (Å²) in [5.74, 6) is -1.32. The summed E-state index contributed by atoms with van der Waals surface area (Å²) in [5.41, 5.74) is 1.86. The Balaban J connectivity index is 2.37. The van der Waals surface area contributed by atoms with Crippen LogP contribution in [-0.2, 0) is 4.79 Å². The number of carbonyl (C=O) groups is 1. The van der Waals surface area contributed by atoms with E-state index in [1.54, 1.807) is 17.8 Å². The van der Waals surface area contributed by atoms with Crippen LogP contribution in [0.2, 0.25) is 0 Å². The number of hydrogen-bond donors (Lipinski definition) is 1. The van der Waals surface area contributed by atoms with E-state index >= 15 is 0 Å². The van der Waals surface area contributed by atoms with Gasteiger partial charge in [-0.1, -0.05) is 32.0 Å². The minimum Gasteiger partial charge on any atom is -0.481 e. The van der Waals surface area contributed by atoms with E-state index in [0.717, 1.165) is 11.4 Å². The van der Waals surface area contributed by atoms with Crippen LogP contribution in [0, 0.1) is 5.92 Å². The molecule has 4 nitrogen and oxygen atoms in total. The second kappa shape index (κ2) is 5.04. The number of hydrogen-bond acceptors (Lipinski definition) is 2. The third kappa shape index (κ3) is 2.27. The molecule has 0 aliphatic carbocycles. The maximum atomic E-state index is 11.1. The number of rotatable bonds is 4. The number of carboxylic acid groups (broad SMARTS) is 1. The van der Waals surface area contributed by atoms with Crippen molar-refractivity contribution in [1.82, 2.24) is 9.78 Å². The monoisotopic (exact) mass is 244 g/mol. The average Bonchev–Trinajstić information content (AvgIpc) is 2.87. The summed E-state index contributed by atoms with van der Waals surface area (Å²) < 4.78 is 1.80. The molecule has 0 amide bonds. The van der Waals surface area contributed by atoms with Gasteiger partial charge in [0, 0.05) is 17.8 Å². The SMILES string of the molecule is CC(C(=O)O)C(C)c1ccnn1-c1ccccc1. The Bertz CT molecular complexity index is 534. The highest BCUT2D eigenvalue weighted by Gasteiger charge is 2.24. The Labute approximate surface area is 106 Å². The predicted molar refractivity (Wildman–Crippen MR) is 68.8 cm³/mol. The molecule has 1 heterocycles. The molecule has 0 fully saturated rings. The van der Waals surface area contributed by atoms with Gasteiger partial charge in [-0.05, 0) is 18.2 Å². The van der Waals surface area contributed by atoms with E-state index in [0.29, 0.717) is 0 Å². The van der Waals surface area contributed by atoms with Gasteiger partial charge in [-0.15, -0.1) is 0 Å². The molecule has 94 valence electrons. The van der Waals surface area contributed by atoms with Crippen LogP contribution in [0.5, 0.6) is 0 Å². The minimum atomic E-state index is -0.789. The van der Waals surface area contributed by atoms with Crippen molar-refractivity contribution >= 4 is 5.97 Å². The van der Waals surface area contributed by atoms with E-state index in [2.05, 4.69) is 5.10 Å². The fraction of sp³-hybridized carbons (Fsp3) is 0.286. The van der Waals surface area contributed by atoms with Crippen LogP contribution in [0.3, 0.4) is 0 Å². The molecule has 1 aromatic heterocycles. The molecule has 0 aliphatic rings. The van der Waals surface area contributed by atoms with Crippen molar-refractivity contribution in [2.45, 2.75) is 19.8 Å². The standard InChI is InChI=1S/C14H16N2O2/c1-10(11(2)14(17)18)13-8-9-15-16(13)12-6-4-3-5-7-12/h3-11H,1-2H3,(H,17,18). The first-order valence-electron chi connectivity index (χ1n) is 5.93. The smallest absolute Gasteiger partial charge is 0.306 e. The van der Waals surface area contributed by atoms with Gasteiger partial charge in [-0.25, -0.2) is 4.68 Å². The van der Waals surface area contributed by atoms with Crippen molar-refractivity contribution in [2.24, 2.45) is 5.92 Å². The zero-order valence-corrected chi connectivity index (χ0v) is 10.4. The maximum Gasteiger partial charge on any atom is 0.306 e. The number of aromatic nitrogens is 2. The van der Waals surface area contributed by atoms with E-state index in [1.807, 2.05) is 43.3 Å². The van der Waals surface area contributed by atoms with Gasteiger partial charge < -0.3 is 5.11 Å². The Morgan fingerprint density at radius 2 is 1.89 bits per heavy atom. The summed E-state index contributed by atoms with van der Waals surface area (Å²) in [6.45, 7) is 3.63. The Hall–Kier alpha value is -2.10. The van der Waals surface area contributed by atoms with Crippen molar-refractivity contribution < 1.29 is 9.90 Å². The molecule has 2 aromatic rings. The zero-order valence-electron chi connectivity index (χ0n) is 10.4. The van der Waals surface area contributed by atoms with E-state index < -0.39 is 11.9 Å². The van der Waals surface area contributed by atoms with Crippen LogP contribution in [0.1, 0.15) is 25.5 Å². The number of aliphatic carboxylic acids is 1. The van der Waals surface area contributed by atoms with Crippen molar-refractivity contribution in [1.29, 1.82) is 0 Å². The molecule has 2 unspecified atom stereocenters. The van der Waals surface area contributed by atoms with E-state index in [9.17, 15) is 4.79 Å². The highest BCUT2D eigenvalue weighted by molar-refractivity contribution is 5.70. The molecular formula is C14H16N2O2. The lowest BCUT2D eigenvalue weighted by molar-refractivity contribution is -0.141. The van der Waals surface area contributed by atoms with Gasteiger partial charge in [0.1, 0.15) is 0 Å². The number of benzene rings is 1. The molecule has 0 radical (unpaired) electrons. The lowest BCUT2D eigenvalue weighted by atomic mass is 9.93. The predicted octanol–water partition coefficient (Wildman–Crippen LogP) is 2.70. The first kappa shape index (κ1) is 12.4. The summed E-state index contributed by atoms with van der Waals surface area (Å²) in [5, 5.41) is 13.4. The second-order valence-corrected chi connectivity index (χ2v) is 4.42. The van der Waals surface area contributed by atoms with Gasteiger partial charge in [0.05, 0.1) is 11.6 Å². The van der Waals surface area contributed by atoms with Crippen LogP contribution in [-0.4, -0.2) is 20.9 Å². The van der Waals surface area contributed by atoms with Gasteiger partial charge >= 0.3 is 5.97 Å². The Morgan fingerprint density at radius 1 is 1.22 bits per heavy atom. The maximum absolute atomic E-state index is 11.1. The zero-order chi connectivity index (χ0) is 13.1. The molecule has 1 aromatic carbocycles. The fourth-order valence-electron chi connectivity index (χ4n) is 1.91. The summed E-state index contributed by atoms with van der Waals surface area (Å²) in [6, 6.07) is 11.6. The molecule has 0 aliphatic heterocycles. The van der Waals surface area contributed by atoms with Gasteiger partial charge in [0.25, 0.3) is 0 Å². The quantitative estimate of drug-likeness (QED) is 0.899. The molecule has 4 heteroatoms. The molecular weight excluding hydrogens is 228 g/mol. The molecule has 0 bridgehead atoms. The first-order chi connectivity index (χ1) is 8.61. The lowest BCUT2D eigenvalue weighted by Gasteiger charge is -2.17. The third-order valence-electron chi connectivity index (χ3n) is 3.28. The topological polar surface area (TPSA) is 55.1 Å². The molecule has 2 rings (SSSR count). The first-order valence-corrected chi connectivity index (χ1v) is 5.93. The molecule has 0 saturated heterocycles. The molecule has 2 atom stereocenters. The van der Waals surface area contributed by atoms with Crippen LogP contribution >= 0.6 is 0 Å². The van der Waals surface area contributed by atoms with Crippen LogP contribution in [0.15, 0.2) is 42.6 Å². The average molecular weight is 244 g/mol. The third-order valence-corrected chi connectivity index (χ3v) is 3.28. The number of carboxylic acids is 1. The Kier molecular flexibility index (Phi) is 3.46. The number of nitrogens with zero attached hydrogens (tertiary/aromatic N) is 2. The van der Waals surface area contributed by atoms with Crippen molar-refractivity contribution in [3.8, 4) is 5.69 Å². The molecule has 0 saturated carbocycles. The fourth-order valence-corrected chi connectivity index (χ4v) is 1.91.